The van der Waals surface area contributed by atoms with E-state index in [1.165, 1.54) is 0 Å². The van der Waals surface area contributed by atoms with Gasteiger partial charge in [-0.1, -0.05) is 0 Å². The van der Waals surface area contributed by atoms with Crippen LogP contribution in [0.1, 0.15) is 17.9 Å². The maximum absolute atomic E-state index is 5.58. The van der Waals surface area contributed by atoms with Gasteiger partial charge in [0.05, 0.1) is 0 Å². The van der Waals surface area contributed by atoms with Crippen molar-refractivity contribution < 1.29 is 9.47 Å². The number of aryl methyl sites for hydroxylation is 1. The smallest absolute Gasteiger partial charge is 0.156 e. The molecule has 0 unspecified atom stereocenters. The zero-order chi connectivity index (χ0) is 11.1. The summed E-state index contributed by atoms with van der Waals surface area (Å²) in [5, 5.41) is 0. The van der Waals surface area contributed by atoms with E-state index in [0.29, 0.717) is 31.5 Å². The molecule has 0 aliphatic carbocycles. The molecule has 0 aliphatic heterocycles. The van der Waals surface area contributed by atoms with Crippen molar-refractivity contribution in [1.29, 1.82) is 0 Å². The number of ether oxygens (including phenoxy) is 2. The predicted octanol–water partition coefficient (Wildman–Crippen LogP) is 0.920. The molecule has 0 radical (unpaired) electrons. The molecular weight excluding hydrogens is 194 g/mol. The molecule has 15 heavy (non-hydrogen) atoms. The number of nitrogen functional groups attached to an aromatic ring is 1. The molecule has 1 rings (SSSR count). The van der Waals surface area contributed by atoms with E-state index in [0.717, 1.165) is 12.1 Å². The second-order valence-electron chi connectivity index (χ2n) is 3.25. The molecule has 0 saturated carbocycles. The van der Waals surface area contributed by atoms with E-state index in [9.17, 15) is 0 Å². The first-order valence-electron chi connectivity index (χ1n) is 4.89. The first-order valence-corrected chi connectivity index (χ1v) is 4.89. The Morgan fingerprint density at radius 2 is 2.13 bits per heavy atom. The SMILES string of the molecule is COCCCOCc1nc(C)cc(N)n1. The largest absolute Gasteiger partial charge is 0.385 e. The lowest BCUT2D eigenvalue weighted by Gasteiger charge is -2.04. The molecule has 0 spiro atoms. The standard InChI is InChI=1S/C10H17N3O2/c1-8-6-9(11)13-10(12-8)7-15-5-3-4-14-2/h6H,3-5,7H2,1-2H3,(H2,11,12,13). The van der Waals surface area contributed by atoms with Crippen molar-refractivity contribution in [3.8, 4) is 0 Å². The van der Waals surface area contributed by atoms with Gasteiger partial charge in [-0.15, -0.1) is 0 Å². The second-order valence-corrected chi connectivity index (χ2v) is 3.25. The summed E-state index contributed by atoms with van der Waals surface area (Å²) in [6.07, 6.45) is 0.873. The van der Waals surface area contributed by atoms with Gasteiger partial charge >= 0.3 is 0 Å². The van der Waals surface area contributed by atoms with Crippen molar-refractivity contribution >= 4 is 5.82 Å². The highest BCUT2D eigenvalue weighted by atomic mass is 16.5. The van der Waals surface area contributed by atoms with Crippen molar-refractivity contribution in [1.82, 2.24) is 9.97 Å². The predicted molar refractivity (Wildman–Crippen MR) is 57.3 cm³/mol. The Bertz CT molecular complexity index is 284. The summed E-state index contributed by atoms with van der Waals surface area (Å²) in [6, 6.07) is 1.73. The molecule has 84 valence electrons. The highest BCUT2D eigenvalue weighted by molar-refractivity contribution is 5.28. The molecule has 1 aromatic rings. The van der Waals surface area contributed by atoms with Gasteiger partial charge in [0, 0.05) is 32.1 Å². The van der Waals surface area contributed by atoms with E-state index >= 15 is 0 Å². The third kappa shape index (κ3) is 4.71. The lowest BCUT2D eigenvalue weighted by molar-refractivity contribution is 0.0890. The van der Waals surface area contributed by atoms with E-state index < -0.39 is 0 Å². The van der Waals surface area contributed by atoms with Crippen LogP contribution < -0.4 is 5.73 Å². The van der Waals surface area contributed by atoms with Crippen LogP contribution >= 0.6 is 0 Å². The van der Waals surface area contributed by atoms with Gasteiger partial charge in [-0.3, -0.25) is 0 Å². The maximum atomic E-state index is 5.58. The van der Waals surface area contributed by atoms with Crippen LogP contribution in [-0.4, -0.2) is 30.3 Å². The van der Waals surface area contributed by atoms with Crippen LogP contribution in [0.3, 0.4) is 0 Å². The Morgan fingerprint density at radius 1 is 1.33 bits per heavy atom. The van der Waals surface area contributed by atoms with Crippen LogP contribution in [0.2, 0.25) is 0 Å². The summed E-state index contributed by atoms with van der Waals surface area (Å²) < 4.78 is 10.3. The number of hydrogen-bond donors (Lipinski definition) is 1. The summed E-state index contributed by atoms with van der Waals surface area (Å²) in [4.78, 5) is 8.27. The Labute approximate surface area is 89.6 Å². The number of methoxy groups -OCH3 is 1. The van der Waals surface area contributed by atoms with Gasteiger partial charge in [0.25, 0.3) is 0 Å². The monoisotopic (exact) mass is 211 g/mol. The van der Waals surface area contributed by atoms with E-state index in [1.807, 2.05) is 6.92 Å². The summed E-state index contributed by atoms with van der Waals surface area (Å²) in [6.45, 7) is 3.63. The fraction of sp³-hybridized carbons (Fsp3) is 0.600. The first kappa shape index (κ1) is 11.9. The summed E-state index contributed by atoms with van der Waals surface area (Å²) in [7, 11) is 1.67. The molecule has 0 fully saturated rings. The van der Waals surface area contributed by atoms with Crippen molar-refractivity contribution in [2.75, 3.05) is 26.1 Å². The number of nitrogens with two attached hydrogens (primary N) is 1. The van der Waals surface area contributed by atoms with Crippen molar-refractivity contribution in [2.24, 2.45) is 0 Å². The van der Waals surface area contributed by atoms with E-state index in [-0.39, 0.29) is 0 Å². The second kappa shape index (κ2) is 6.31. The van der Waals surface area contributed by atoms with Crippen LogP contribution in [0, 0.1) is 6.92 Å². The van der Waals surface area contributed by atoms with E-state index in [4.69, 9.17) is 15.2 Å². The highest BCUT2D eigenvalue weighted by Gasteiger charge is 1.99. The third-order valence-electron chi connectivity index (χ3n) is 1.79. The first-order chi connectivity index (χ1) is 7.22. The Balaban J connectivity index is 2.31. The van der Waals surface area contributed by atoms with Crippen molar-refractivity contribution in [3.05, 3.63) is 17.6 Å². The number of anilines is 1. The molecule has 0 atom stereocenters. The molecule has 0 amide bonds. The van der Waals surface area contributed by atoms with E-state index in [1.54, 1.807) is 13.2 Å². The lowest BCUT2D eigenvalue weighted by Crippen LogP contribution is -2.05. The van der Waals surface area contributed by atoms with Gasteiger partial charge < -0.3 is 15.2 Å². The molecule has 5 heteroatoms. The fourth-order valence-corrected chi connectivity index (χ4v) is 1.19. The Hall–Kier alpha value is -1.20. The quantitative estimate of drug-likeness (QED) is 0.708. The van der Waals surface area contributed by atoms with Crippen LogP contribution in [-0.2, 0) is 16.1 Å². The van der Waals surface area contributed by atoms with Crippen LogP contribution in [0.5, 0.6) is 0 Å². The van der Waals surface area contributed by atoms with E-state index in [2.05, 4.69) is 9.97 Å². The van der Waals surface area contributed by atoms with Crippen molar-refractivity contribution in [3.63, 3.8) is 0 Å². The van der Waals surface area contributed by atoms with Gasteiger partial charge in [-0.05, 0) is 13.3 Å². The molecule has 5 nitrogen and oxygen atoms in total. The molecule has 2 N–H and O–H groups in total. The normalized spacial score (nSPS) is 10.5. The topological polar surface area (TPSA) is 70.3 Å². The van der Waals surface area contributed by atoms with Gasteiger partial charge in [0.1, 0.15) is 12.4 Å². The number of rotatable bonds is 6. The summed E-state index contributed by atoms with van der Waals surface area (Å²) in [5.74, 6) is 1.11. The maximum Gasteiger partial charge on any atom is 0.156 e. The highest BCUT2D eigenvalue weighted by Crippen LogP contribution is 2.02. The molecule has 0 aromatic carbocycles. The number of hydrogen-bond acceptors (Lipinski definition) is 5. The molecule has 0 saturated heterocycles. The molecule has 1 aromatic heterocycles. The van der Waals surface area contributed by atoms with Crippen molar-refractivity contribution in [2.45, 2.75) is 20.0 Å². The fourth-order valence-electron chi connectivity index (χ4n) is 1.19. The minimum atomic E-state index is 0.398. The third-order valence-corrected chi connectivity index (χ3v) is 1.79. The van der Waals surface area contributed by atoms with Crippen LogP contribution in [0.15, 0.2) is 6.07 Å². The van der Waals surface area contributed by atoms with Gasteiger partial charge in [-0.25, -0.2) is 9.97 Å². The number of aromatic nitrogens is 2. The van der Waals surface area contributed by atoms with Gasteiger partial charge in [-0.2, -0.15) is 0 Å². The minimum absolute atomic E-state index is 0.398. The summed E-state index contributed by atoms with van der Waals surface area (Å²) in [5.41, 5.74) is 6.44. The zero-order valence-corrected chi connectivity index (χ0v) is 9.19. The molecule has 0 bridgehead atoms. The number of nitrogens with zero attached hydrogens (tertiary/aromatic N) is 2. The van der Waals surface area contributed by atoms with Gasteiger partial charge in [0.15, 0.2) is 5.82 Å². The van der Waals surface area contributed by atoms with Gasteiger partial charge in [0.2, 0.25) is 0 Å². The Morgan fingerprint density at radius 3 is 2.80 bits per heavy atom. The molecule has 1 heterocycles. The molecule has 0 aliphatic rings. The average Bonchev–Trinajstić information content (AvgIpc) is 2.16. The minimum Gasteiger partial charge on any atom is -0.385 e. The van der Waals surface area contributed by atoms with Crippen LogP contribution in [0.4, 0.5) is 5.82 Å². The lowest BCUT2D eigenvalue weighted by atomic mass is 10.4. The average molecular weight is 211 g/mol. The Kier molecular flexibility index (Phi) is 5.00. The summed E-state index contributed by atoms with van der Waals surface area (Å²) >= 11 is 0. The van der Waals surface area contributed by atoms with Crippen LogP contribution in [0.25, 0.3) is 0 Å². The molecular formula is C10H17N3O2. The zero-order valence-electron chi connectivity index (χ0n) is 9.19.